The van der Waals surface area contributed by atoms with Crippen LogP contribution >= 0.6 is 0 Å². The van der Waals surface area contributed by atoms with Crippen molar-refractivity contribution in [1.82, 2.24) is 0 Å². The minimum atomic E-state index is -0.643. The summed E-state index contributed by atoms with van der Waals surface area (Å²) in [6.07, 6.45) is 4.18. The van der Waals surface area contributed by atoms with Gasteiger partial charge in [-0.05, 0) is 43.2 Å². The van der Waals surface area contributed by atoms with Gasteiger partial charge in [-0.1, -0.05) is 13.8 Å². The fourth-order valence-corrected chi connectivity index (χ4v) is 2.68. The van der Waals surface area contributed by atoms with Crippen molar-refractivity contribution in [1.29, 1.82) is 0 Å². The molecule has 1 amide bonds. The van der Waals surface area contributed by atoms with Crippen molar-refractivity contribution >= 4 is 17.3 Å². The van der Waals surface area contributed by atoms with Crippen molar-refractivity contribution in [3.05, 3.63) is 23.5 Å². The lowest BCUT2D eigenvalue weighted by molar-refractivity contribution is 0.100. The third-order valence-corrected chi connectivity index (χ3v) is 4.10. The monoisotopic (exact) mass is 279 g/mol. The second-order valence-electron chi connectivity index (χ2n) is 6.37. The highest BCUT2D eigenvalue weighted by molar-refractivity contribution is 5.99. The van der Waals surface area contributed by atoms with Gasteiger partial charge in [-0.15, -0.1) is 0 Å². The number of carbonyl (C=O) groups is 1. The maximum Gasteiger partial charge on any atom is 0.250 e. The Kier molecular flexibility index (Phi) is 3.88. The van der Waals surface area contributed by atoms with E-state index in [1.54, 1.807) is 0 Å². The summed E-state index contributed by atoms with van der Waals surface area (Å²) in [5.74, 6) is -1.09. The van der Waals surface area contributed by atoms with Gasteiger partial charge in [-0.25, -0.2) is 4.39 Å². The molecule has 2 rings (SSSR count). The molecule has 0 heterocycles. The lowest BCUT2D eigenvalue weighted by Gasteiger charge is -2.35. The molecular formula is C15H22FN3O. The maximum atomic E-state index is 13.9. The van der Waals surface area contributed by atoms with Gasteiger partial charge in [-0.2, -0.15) is 0 Å². The van der Waals surface area contributed by atoms with Crippen molar-refractivity contribution in [2.24, 2.45) is 11.1 Å². The van der Waals surface area contributed by atoms with Crippen LogP contribution in [0.5, 0.6) is 0 Å². The zero-order valence-corrected chi connectivity index (χ0v) is 12.0. The summed E-state index contributed by atoms with van der Waals surface area (Å²) in [6, 6.07) is 2.78. The minimum Gasteiger partial charge on any atom is -0.398 e. The Balaban J connectivity index is 2.14. The summed E-state index contributed by atoms with van der Waals surface area (Å²) in [6.45, 7) is 4.50. The van der Waals surface area contributed by atoms with Crippen LogP contribution in [0.25, 0.3) is 0 Å². The zero-order valence-electron chi connectivity index (χ0n) is 12.0. The highest BCUT2D eigenvalue weighted by Crippen LogP contribution is 2.36. The van der Waals surface area contributed by atoms with Crippen molar-refractivity contribution in [2.45, 2.75) is 45.6 Å². The Morgan fingerprint density at radius 2 is 1.95 bits per heavy atom. The summed E-state index contributed by atoms with van der Waals surface area (Å²) in [5.41, 5.74) is 11.7. The topological polar surface area (TPSA) is 81.1 Å². The van der Waals surface area contributed by atoms with Crippen LogP contribution in [0.4, 0.5) is 15.8 Å². The van der Waals surface area contributed by atoms with Crippen molar-refractivity contribution < 1.29 is 9.18 Å². The molecule has 1 aliphatic rings. The number of benzene rings is 1. The summed E-state index contributed by atoms with van der Waals surface area (Å²) in [5, 5.41) is 3.17. The lowest BCUT2D eigenvalue weighted by atomic mass is 9.75. The molecular weight excluding hydrogens is 257 g/mol. The van der Waals surface area contributed by atoms with Crippen LogP contribution in [-0.4, -0.2) is 11.9 Å². The van der Waals surface area contributed by atoms with Crippen LogP contribution < -0.4 is 16.8 Å². The average Bonchev–Trinajstić information content (AvgIpc) is 2.34. The van der Waals surface area contributed by atoms with E-state index < -0.39 is 11.7 Å². The van der Waals surface area contributed by atoms with Crippen molar-refractivity contribution in [3.63, 3.8) is 0 Å². The van der Waals surface area contributed by atoms with E-state index >= 15 is 0 Å². The number of anilines is 2. The summed E-state index contributed by atoms with van der Waals surface area (Å²) in [7, 11) is 0. The van der Waals surface area contributed by atoms with E-state index in [2.05, 4.69) is 19.2 Å². The van der Waals surface area contributed by atoms with Gasteiger partial charge >= 0.3 is 0 Å². The molecule has 1 fully saturated rings. The third kappa shape index (κ3) is 3.21. The molecule has 0 spiro atoms. The molecule has 1 aromatic carbocycles. The minimum absolute atomic E-state index is 0.0744. The standard InChI is InChI=1S/C15H22FN3O/c1-15(2)5-3-9(4-6-15)19-13-7-10(14(18)20)12(17)8-11(13)16/h7-9,19H,3-6,17H2,1-2H3,(H2,18,20). The highest BCUT2D eigenvalue weighted by Gasteiger charge is 2.27. The molecule has 0 aromatic heterocycles. The van der Waals surface area contributed by atoms with Crippen LogP contribution in [0, 0.1) is 11.2 Å². The molecule has 0 unspecified atom stereocenters. The average molecular weight is 279 g/mol. The number of halogens is 1. The molecule has 0 atom stereocenters. The fourth-order valence-electron chi connectivity index (χ4n) is 2.68. The highest BCUT2D eigenvalue weighted by atomic mass is 19.1. The summed E-state index contributed by atoms with van der Waals surface area (Å²) >= 11 is 0. The van der Waals surface area contributed by atoms with Gasteiger partial charge in [0.15, 0.2) is 0 Å². The second kappa shape index (κ2) is 5.31. The van der Waals surface area contributed by atoms with E-state index in [9.17, 15) is 9.18 Å². The van der Waals surface area contributed by atoms with Gasteiger partial charge in [0.1, 0.15) is 5.82 Å². The van der Waals surface area contributed by atoms with E-state index in [0.29, 0.717) is 11.1 Å². The molecule has 0 aliphatic heterocycles. The van der Waals surface area contributed by atoms with E-state index in [-0.39, 0.29) is 17.3 Å². The molecule has 5 N–H and O–H groups in total. The Morgan fingerprint density at radius 1 is 1.35 bits per heavy atom. The fraction of sp³-hybridized carbons (Fsp3) is 0.533. The molecule has 110 valence electrons. The maximum absolute atomic E-state index is 13.9. The summed E-state index contributed by atoms with van der Waals surface area (Å²) in [4.78, 5) is 11.3. The number of amides is 1. The van der Waals surface area contributed by atoms with Crippen molar-refractivity contribution in [2.75, 3.05) is 11.1 Å². The molecule has 4 nitrogen and oxygen atoms in total. The first-order chi connectivity index (χ1) is 9.28. The van der Waals surface area contributed by atoms with Gasteiger partial charge in [0, 0.05) is 11.7 Å². The van der Waals surface area contributed by atoms with E-state index in [1.165, 1.54) is 6.07 Å². The number of hydrogen-bond acceptors (Lipinski definition) is 3. The number of nitrogens with two attached hydrogens (primary N) is 2. The van der Waals surface area contributed by atoms with Gasteiger partial charge in [0.25, 0.3) is 5.91 Å². The smallest absolute Gasteiger partial charge is 0.250 e. The second-order valence-corrected chi connectivity index (χ2v) is 6.37. The normalized spacial score (nSPS) is 18.8. The number of rotatable bonds is 3. The number of hydrogen-bond donors (Lipinski definition) is 3. The first kappa shape index (κ1) is 14.6. The molecule has 0 bridgehead atoms. The number of nitrogens with one attached hydrogen (secondary N) is 1. The van der Waals surface area contributed by atoms with Crippen LogP contribution in [0.2, 0.25) is 0 Å². The first-order valence-corrected chi connectivity index (χ1v) is 6.94. The zero-order chi connectivity index (χ0) is 14.9. The molecule has 1 aromatic rings. The van der Waals surface area contributed by atoms with Gasteiger partial charge < -0.3 is 16.8 Å². The molecule has 5 heteroatoms. The lowest BCUT2D eigenvalue weighted by Crippen LogP contribution is -2.30. The molecule has 0 saturated heterocycles. The van der Waals surface area contributed by atoms with Crippen LogP contribution in [0.15, 0.2) is 12.1 Å². The van der Waals surface area contributed by atoms with Gasteiger partial charge in [0.2, 0.25) is 0 Å². The van der Waals surface area contributed by atoms with Gasteiger partial charge in [0.05, 0.1) is 11.3 Å². The SMILES string of the molecule is CC1(C)CCC(Nc2cc(C(N)=O)c(N)cc2F)CC1. The quantitative estimate of drug-likeness (QED) is 0.744. The van der Waals surface area contributed by atoms with E-state index in [4.69, 9.17) is 11.5 Å². The van der Waals surface area contributed by atoms with Crippen LogP contribution in [-0.2, 0) is 0 Å². The summed E-state index contributed by atoms with van der Waals surface area (Å²) < 4.78 is 13.9. The largest absolute Gasteiger partial charge is 0.398 e. The first-order valence-electron chi connectivity index (χ1n) is 6.94. The van der Waals surface area contributed by atoms with Gasteiger partial charge in [-0.3, -0.25) is 4.79 Å². The van der Waals surface area contributed by atoms with Crippen molar-refractivity contribution in [3.8, 4) is 0 Å². The number of primary amides is 1. The number of carbonyl (C=O) groups excluding carboxylic acids is 1. The van der Waals surface area contributed by atoms with E-state index in [0.717, 1.165) is 31.7 Å². The predicted octanol–water partition coefficient (Wildman–Crippen LogP) is 2.89. The molecule has 1 aliphatic carbocycles. The Hall–Kier alpha value is -1.78. The number of nitrogen functional groups attached to an aromatic ring is 1. The van der Waals surface area contributed by atoms with E-state index in [1.807, 2.05) is 0 Å². The molecule has 0 radical (unpaired) electrons. The van der Waals surface area contributed by atoms with Crippen LogP contribution in [0.1, 0.15) is 49.9 Å². The molecule has 20 heavy (non-hydrogen) atoms. The molecule has 1 saturated carbocycles. The Labute approximate surface area is 118 Å². The predicted molar refractivity (Wildman–Crippen MR) is 79.0 cm³/mol. The Morgan fingerprint density at radius 3 is 2.50 bits per heavy atom. The van der Waals surface area contributed by atoms with Crippen LogP contribution in [0.3, 0.4) is 0 Å². The Bertz CT molecular complexity index is 518. The third-order valence-electron chi connectivity index (χ3n) is 4.10.